The van der Waals surface area contributed by atoms with E-state index in [9.17, 15) is 4.79 Å². The number of benzene rings is 1. The molecule has 2 amide bonds. The minimum atomic E-state index is -0.0622. The van der Waals surface area contributed by atoms with Gasteiger partial charge in [0.05, 0.1) is 16.6 Å². The third-order valence-electron chi connectivity index (χ3n) is 5.33. The molecule has 3 heterocycles. The van der Waals surface area contributed by atoms with Crippen LogP contribution in [0.5, 0.6) is 0 Å². The molecule has 1 atom stereocenters. The lowest BCUT2D eigenvalue weighted by Gasteiger charge is -2.32. The molecule has 1 saturated heterocycles. The van der Waals surface area contributed by atoms with Gasteiger partial charge in [-0.05, 0) is 32.8 Å². The molecule has 1 unspecified atom stereocenters. The van der Waals surface area contributed by atoms with Crippen LogP contribution in [-0.4, -0.2) is 39.2 Å². The predicted molar refractivity (Wildman–Crippen MR) is 111 cm³/mol. The second kappa shape index (κ2) is 8.14. The van der Waals surface area contributed by atoms with Gasteiger partial charge in [0.15, 0.2) is 0 Å². The fraction of sp³-hybridized carbons (Fsp3) is 0.381. The normalized spacial score (nSPS) is 16.1. The molecule has 146 valence electrons. The van der Waals surface area contributed by atoms with E-state index in [4.69, 9.17) is 4.98 Å². The van der Waals surface area contributed by atoms with E-state index >= 15 is 0 Å². The molecule has 0 aliphatic carbocycles. The van der Waals surface area contributed by atoms with E-state index < -0.39 is 0 Å². The summed E-state index contributed by atoms with van der Waals surface area (Å²) < 4.78 is 0. The molecule has 0 bridgehead atoms. The first-order valence-corrected chi connectivity index (χ1v) is 10.5. The number of H-pyrrole nitrogens is 1. The van der Waals surface area contributed by atoms with E-state index in [2.05, 4.69) is 27.6 Å². The van der Waals surface area contributed by atoms with Crippen LogP contribution in [0.4, 0.5) is 4.79 Å². The van der Waals surface area contributed by atoms with Crippen molar-refractivity contribution < 1.29 is 4.79 Å². The van der Waals surface area contributed by atoms with Gasteiger partial charge in [-0.25, -0.2) is 9.78 Å². The lowest BCUT2D eigenvalue weighted by atomic mass is 9.94. The monoisotopic (exact) mass is 395 g/mol. The van der Waals surface area contributed by atoms with Crippen LogP contribution in [-0.2, 0) is 0 Å². The van der Waals surface area contributed by atoms with Crippen molar-refractivity contribution in [3.63, 3.8) is 0 Å². The quantitative estimate of drug-likeness (QED) is 0.683. The van der Waals surface area contributed by atoms with Crippen LogP contribution in [0, 0.1) is 6.92 Å². The van der Waals surface area contributed by atoms with E-state index in [0.29, 0.717) is 5.92 Å². The van der Waals surface area contributed by atoms with Crippen LogP contribution in [0.1, 0.15) is 48.0 Å². The van der Waals surface area contributed by atoms with Crippen LogP contribution in [0.3, 0.4) is 0 Å². The molecule has 4 rings (SSSR count). The Hall–Kier alpha value is -2.67. The van der Waals surface area contributed by atoms with Crippen molar-refractivity contribution in [2.45, 2.75) is 38.6 Å². The number of nitrogens with zero attached hydrogens (tertiary/aromatic N) is 3. The summed E-state index contributed by atoms with van der Waals surface area (Å²) in [6.45, 7) is 5.57. The first-order valence-electron chi connectivity index (χ1n) is 9.69. The van der Waals surface area contributed by atoms with Crippen LogP contribution in [0.2, 0.25) is 0 Å². The highest BCUT2D eigenvalue weighted by molar-refractivity contribution is 7.15. The zero-order valence-electron chi connectivity index (χ0n) is 16.2. The first kappa shape index (κ1) is 18.7. The average Bonchev–Trinajstić information content (AvgIpc) is 3.39. The van der Waals surface area contributed by atoms with Gasteiger partial charge in [-0.2, -0.15) is 5.10 Å². The number of thiazole rings is 1. The largest absolute Gasteiger partial charge is 0.331 e. The number of carbonyl (C=O) groups excluding carboxylic acids is 1. The number of rotatable bonds is 4. The summed E-state index contributed by atoms with van der Waals surface area (Å²) in [6, 6.07) is 12.1. The minimum Gasteiger partial charge on any atom is -0.331 e. The lowest BCUT2D eigenvalue weighted by Crippen LogP contribution is -2.44. The highest BCUT2D eigenvalue weighted by Gasteiger charge is 2.26. The molecule has 1 aromatic carbocycles. The van der Waals surface area contributed by atoms with Gasteiger partial charge in [0.25, 0.3) is 0 Å². The smallest absolute Gasteiger partial charge is 0.317 e. The van der Waals surface area contributed by atoms with Gasteiger partial charge < -0.3 is 10.2 Å². The second-order valence-electron chi connectivity index (χ2n) is 7.28. The van der Waals surface area contributed by atoms with E-state index in [1.165, 1.54) is 5.69 Å². The van der Waals surface area contributed by atoms with Gasteiger partial charge in [0.2, 0.25) is 0 Å². The molecule has 0 radical (unpaired) electrons. The van der Waals surface area contributed by atoms with Crippen molar-refractivity contribution in [1.29, 1.82) is 0 Å². The lowest BCUT2D eigenvalue weighted by molar-refractivity contribution is 0.178. The van der Waals surface area contributed by atoms with E-state index in [0.717, 1.165) is 47.1 Å². The molecule has 2 aromatic heterocycles. The summed E-state index contributed by atoms with van der Waals surface area (Å²) in [5.74, 6) is 0.459. The zero-order chi connectivity index (χ0) is 19.5. The Balaban J connectivity index is 1.37. The number of piperidine rings is 1. The van der Waals surface area contributed by atoms with Crippen LogP contribution >= 0.6 is 11.3 Å². The van der Waals surface area contributed by atoms with Gasteiger partial charge >= 0.3 is 6.03 Å². The summed E-state index contributed by atoms with van der Waals surface area (Å²) in [4.78, 5) is 20.5. The first-order chi connectivity index (χ1) is 13.6. The number of aryl methyl sites for hydroxylation is 1. The summed E-state index contributed by atoms with van der Waals surface area (Å²) in [6.07, 6.45) is 3.71. The van der Waals surface area contributed by atoms with Crippen molar-refractivity contribution >= 4 is 17.4 Å². The summed E-state index contributed by atoms with van der Waals surface area (Å²) in [5, 5.41) is 11.2. The Labute approximate surface area is 169 Å². The molecular weight excluding hydrogens is 370 g/mol. The number of amides is 2. The molecular formula is C21H25N5OS. The van der Waals surface area contributed by atoms with Crippen molar-refractivity contribution in [2.24, 2.45) is 0 Å². The van der Waals surface area contributed by atoms with Crippen molar-refractivity contribution in [1.82, 2.24) is 25.4 Å². The zero-order valence-corrected chi connectivity index (χ0v) is 17.0. The molecule has 0 saturated carbocycles. The molecule has 6 nitrogen and oxygen atoms in total. The Morgan fingerprint density at radius 1 is 1.25 bits per heavy atom. The molecule has 0 spiro atoms. The minimum absolute atomic E-state index is 0.00428. The Morgan fingerprint density at radius 2 is 2.00 bits per heavy atom. The maximum Gasteiger partial charge on any atom is 0.317 e. The number of nitrogens with one attached hydrogen (secondary N) is 2. The predicted octanol–water partition coefficient (Wildman–Crippen LogP) is 4.49. The van der Waals surface area contributed by atoms with E-state index in [1.807, 2.05) is 43.0 Å². The van der Waals surface area contributed by atoms with Crippen molar-refractivity contribution in [3.8, 4) is 10.6 Å². The number of hydrogen-bond donors (Lipinski definition) is 2. The number of likely N-dealkylation sites (tertiary alicyclic amines) is 1. The van der Waals surface area contributed by atoms with Crippen LogP contribution in [0.25, 0.3) is 10.6 Å². The van der Waals surface area contributed by atoms with Crippen LogP contribution < -0.4 is 5.32 Å². The third-order valence-corrected chi connectivity index (χ3v) is 6.72. The summed E-state index contributed by atoms with van der Waals surface area (Å²) in [5.41, 5.74) is 3.26. The van der Waals surface area contributed by atoms with E-state index in [1.54, 1.807) is 17.5 Å². The molecule has 1 fully saturated rings. The third kappa shape index (κ3) is 3.94. The van der Waals surface area contributed by atoms with E-state index in [-0.39, 0.29) is 12.1 Å². The van der Waals surface area contributed by atoms with Crippen molar-refractivity contribution in [3.05, 3.63) is 58.9 Å². The molecule has 1 aliphatic rings. The van der Waals surface area contributed by atoms with Gasteiger partial charge in [-0.15, -0.1) is 11.3 Å². The fourth-order valence-corrected chi connectivity index (χ4v) is 4.82. The summed E-state index contributed by atoms with van der Waals surface area (Å²) >= 11 is 1.65. The van der Waals surface area contributed by atoms with Gasteiger partial charge in [0.1, 0.15) is 5.01 Å². The Kier molecular flexibility index (Phi) is 5.43. The molecule has 2 N–H and O–H groups in total. The average molecular weight is 396 g/mol. The molecule has 3 aromatic rings. The topological polar surface area (TPSA) is 73.9 Å². The number of hydrogen-bond acceptors (Lipinski definition) is 4. The summed E-state index contributed by atoms with van der Waals surface area (Å²) in [7, 11) is 0. The van der Waals surface area contributed by atoms with Gasteiger partial charge in [-0.1, -0.05) is 30.3 Å². The molecule has 7 heteroatoms. The number of urea groups is 1. The maximum absolute atomic E-state index is 12.7. The number of carbonyl (C=O) groups is 1. The number of aromatic nitrogens is 3. The SMILES string of the molecule is Cc1nc(-c2ccccc2)sc1C(C)NC(=O)N1CCC(c2ccn[nH]2)CC1. The van der Waals surface area contributed by atoms with Gasteiger partial charge in [0, 0.05) is 36.5 Å². The fourth-order valence-electron chi connectivity index (χ4n) is 3.74. The Bertz CT molecular complexity index is 914. The maximum atomic E-state index is 12.7. The number of aromatic amines is 1. The van der Waals surface area contributed by atoms with Crippen molar-refractivity contribution in [2.75, 3.05) is 13.1 Å². The van der Waals surface area contributed by atoms with Gasteiger partial charge in [-0.3, -0.25) is 5.10 Å². The standard InChI is InChI=1S/C21H25N5OS/c1-14-19(28-20(23-14)17-6-4-3-5-7-17)15(2)24-21(27)26-12-9-16(10-13-26)18-8-11-22-25-18/h3-8,11,15-16H,9-10,12-13H2,1-2H3,(H,22,25)(H,24,27). The highest BCUT2D eigenvalue weighted by Crippen LogP contribution is 2.32. The van der Waals surface area contributed by atoms with Crippen LogP contribution in [0.15, 0.2) is 42.6 Å². The second-order valence-corrected chi connectivity index (χ2v) is 8.31. The highest BCUT2D eigenvalue weighted by atomic mass is 32.1. The molecule has 28 heavy (non-hydrogen) atoms. The Morgan fingerprint density at radius 3 is 2.68 bits per heavy atom. The molecule has 1 aliphatic heterocycles.